The second-order valence-corrected chi connectivity index (χ2v) is 16.9. The van der Waals surface area contributed by atoms with E-state index in [2.05, 4.69) is 16.0 Å². The summed E-state index contributed by atoms with van der Waals surface area (Å²) in [6.07, 6.45) is -4.13. The molecule has 2 aromatic heterocycles. The number of ether oxygens (including phenoxy) is 5. The van der Waals surface area contributed by atoms with Crippen LogP contribution >= 0.6 is 24.6 Å². The number of aryl methyl sites for hydroxylation is 1. The van der Waals surface area contributed by atoms with Crippen LogP contribution in [0.5, 0.6) is 5.75 Å². The number of esters is 2. The number of carbonyl (C=O) groups is 4. The molecular formula is C46H55ClN6O13S. The average Bonchev–Trinajstić information content (AvgIpc) is 3.66. The van der Waals surface area contributed by atoms with Crippen LogP contribution in [0.4, 0.5) is 5.69 Å². The molecule has 2 aromatic carbocycles. The van der Waals surface area contributed by atoms with E-state index < -0.39 is 78.8 Å². The zero-order valence-electron chi connectivity index (χ0n) is 37.3. The maximum atomic E-state index is 14.2. The molecule has 0 saturated carbocycles. The first-order valence-electron chi connectivity index (χ1n) is 21.9. The van der Waals surface area contributed by atoms with Crippen LogP contribution in [-0.2, 0) is 63.3 Å². The highest BCUT2D eigenvalue weighted by Crippen LogP contribution is 2.42. The minimum absolute atomic E-state index is 0. The average molecular weight is 967 g/mol. The number of rotatable bonds is 17. The molecule has 67 heavy (non-hydrogen) atoms. The highest BCUT2D eigenvalue weighted by molar-refractivity contribution is 7.80. The van der Waals surface area contributed by atoms with E-state index in [1.807, 2.05) is 31.2 Å². The number of benzene rings is 2. The number of unbranched alkanes of at least 4 members (excludes halogenated alkanes) is 1. The number of para-hydroxylation sites is 1. The Hall–Kier alpha value is -5.74. The van der Waals surface area contributed by atoms with Crippen molar-refractivity contribution in [2.45, 2.75) is 121 Å². The van der Waals surface area contributed by atoms with Crippen molar-refractivity contribution in [3.8, 4) is 17.1 Å². The lowest BCUT2D eigenvalue weighted by atomic mass is 9.85. The topological polar surface area (TPSA) is 272 Å². The maximum Gasteiger partial charge on any atom is 0.355 e. The highest BCUT2D eigenvalue weighted by Gasteiger charge is 2.51. The van der Waals surface area contributed by atoms with Crippen molar-refractivity contribution in [1.29, 1.82) is 0 Å². The molecule has 0 bridgehead atoms. The number of pyridine rings is 2. The molecule has 21 heteroatoms. The Labute approximate surface area is 397 Å². The van der Waals surface area contributed by atoms with Gasteiger partial charge in [-0.25, -0.2) is 19.4 Å². The molecule has 7 rings (SSSR count). The van der Waals surface area contributed by atoms with Crippen LogP contribution in [0.15, 0.2) is 59.4 Å². The normalized spacial score (nSPS) is 22.4. The summed E-state index contributed by atoms with van der Waals surface area (Å²) in [7, 11) is 0. The summed E-state index contributed by atoms with van der Waals surface area (Å²) in [5.41, 5.74) is 8.16. The predicted molar refractivity (Wildman–Crippen MR) is 249 cm³/mol. The molecule has 1 saturated heterocycles. The number of nitrogens with zero attached hydrogens (tertiary/aromatic N) is 2. The number of amides is 1. The number of aliphatic hydroxyl groups is 2. The number of hydrogen-bond donors (Lipinski definition) is 7. The van der Waals surface area contributed by atoms with Gasteiger partial charge in [-0.15, -0.1) is 12.4 Å². The number of cyclic esters (lactones) is 1. The van der Waals surface area contributed by atoms with Crippen molar-refractivity contribution in [3.63, 3.8) is 0 Å². The molecule has 360 valence electrons. The SMILES string of the molecule is CCc1c2c(nc3ccccc13)-c1cc3c(c(=O)n1C2)COC(=O)[C@@]3(CC)OC(=O)C(C)NC(=O)[C@H](CCCCN)NC(=S)Nc1ccc(OC2OC(C)C(O)C(OCC(=O)O)C2O)cc1.Cl. The molecule has 1 fully saturated rings. The Balaban J connectivity index is 0.00000741. The second kappa shape index (κ2) is 21.5. The molecule has 0 radical (unpaired) electrons. The Morgan fingerprint density at radius 2 is 1.78 bits per heavy atom. The van der Waals surface area contributed by atoms with Crippen molar-refractivity contribution in [1.82, 2.24) is 20.2 Å². The Morgan fingerprint density at radius 1 is 1.04 bits per heavy atom. The molecule has 3 aliphatic rings. The number of carboxylic acids is 1. The first kappa shape index (κ1) is 50.7. The zero-order chi connectivity index (χ0) is 47.4. The van der Waals surface area contributed by atoms with E-state index in [-0.39, 0.29) is 59.4 Å². The molecule has 19 nitrogen and oxygen atoms in total. The lowest BCUT2D eigenvalue weighted by Gasteiger charge is -2.40. The number of nitrogens with one attached hydrogen (secondary N) is 3. The van der Waals surface area contributed by atoms with E-state index in [0.29, 0.717) is 49.4 Å². The van der Waals surface area contributed by atoms with Crippen molar-refractivity contribution in [2.24, 2.45) is 5.73 Å². The molecular weight excluding hydrogens is 912 g/mol. The molecule has 0 spiro atoms. The van der Waals surface area contributed by atoms with Crippen LogP contribution in [-0.4, -0.2) is 110 Å². The van der Waals surface area contributed by atoms with E-state index in [1.54, 1.807) is 41.8 Å². The van der Waals surface area contributed by atoms with Gasteiger partial charge in [0, 0.05) is 22.2 Å². The zero-order valence-corrected chi connectivity index (χ0v) is 38.9. The number of anilines is 1. The number of aromatic nitrogens is 2. The predicted octanol–water partition coefficient (Wildman–Crippen LogP) is 2.92. The lowest BCUT2D eigenvalue weighted by molar-refractivity contribution is -0.276. The maximum absolute atomic E-state index is 14.2. The third kappa shape index (κ3) is 10.4. The number of fused-ring (bicyclic) bond motifs is 5. The van der Waals surface area contributed by atoms with Crippen LogP contribution in [0.1, 0.15) is 75.6 Å². The van der Waals surface area contributed by atoms with Gasteiger partial charge >= 0.3 is 17.9 Å². The Morgan fingerprint density at radius 3 is 2.46 bits per heavy atom. The van der Waals surface area contributed by atoms with Gasteiger partial charge in [0.1, 0.15) is 49.4 Å². The van der Waals surface area contributed by atoms with E-state index in [9.17, 15) is 34.2 Å². The molecule has 5 heterocycles. The number of halogens is 1. The fourth-order valence-corrected chi connectivity index (χ4v) is 8.86. The summed E-state index contributed by atoms with van der Waals surface area (Å²) in [5, 5.41) is 39.9. The number of carbonyl (C=O) groups excluding carboxylic acids is 3. The van der Waals surface area contributed by atoms with E-state index >= 15 is 0 Å². The Bertz CT molecular complexity index is 2580. The minimum atomic E-state index is -1.99. The quantitative estimate of drug-likeness (QED) is 0.0401. The third-order valence-corrected chi connectivity index (χ3v) is 12.4. The molecule has 4 aromatic rings. The van der Waals surface area contributed by atoms with Crippen molar-refractivity contribution in [3.05, 3.63) is 87.2 Å². The number of nitrogens with two attached hydrogens (primary N) is 1. The number of carboxylic acid groups (broad SMARTS) is 1. The van der Waals surface area contributed by atoms with Gasteiger partial charge in [-0.05, 0) is 107 Å². The summed E-state index contributed by atoms with van der Waals surface area (Å²) in [6.45, 7) is 6.29. The number of aliphatic hydroxyl groups excluding tert-OH is 2. The van der Waals surface area contributed by atoms with Gasteiger partial charge < -0.3 is 65.3 Å². The van der Waals surface area contributed by atoms with Gasteiger partial charge in [-0.1, -0.05) is 32.0 Å². The van der Waals surface area contributed by atoms with Gasteiger partial charge in [0.05, 0.1) is 35.1 Å². The van der Waals surface area contributed by atoms with Crippen LogP contribution in [0.25, 0.3) is 22.3 Å². The summed E-state index contributed by atoms with van der Waals surface area (Å²) in [6, 6.07) is 13.6. The Kier molecular flexibility index (Phi) is 16.2. The number of hydrogen-bond acceptors (Lipinski definition) is 15. The molecule has 1 amide bonds. The number of aliphatic carboxylic acids is 1. The second-order valence-electron chi connectivity index (χ2n) is 16.4. The fourth-order valence-electron chi connectivity index (χ4n) is 8.60. The van der Waals surface area contributed by atoms with E-state index in [4.69, 9.17) is 51.7 Å². The van der Waals surface area contributed by atoms with E-state index in [0.717, 1.165) is 22.0 Å². The first-order chi connectivity index (χ1) is 31.6. The number of thiocarbonyl (C=S) groups is 1. The van der Waals surface area contributed by atoms with Gasteiger partial charge in [-0.2, -0.15) is 0 Å². The molecule has 3 aliphatic heterocycles. The summed E-state index contributed by atoms with van der Waals surface area (Å²) < 4.78 is 29.8. The molecule has 8 N–H and O–H groups in total. The monoisotopic (exact) mass is 966 g/mol. The minimum Gasteiger partial charge on any atom is -0.480 e. The van der Waals surface area contributed by atoms with Crippen molar-refractivity contribution in [2.75, 3.05) is 18.5 Å². The lowest BCUT2D eigenvalue weighted by Crippen LogP contribution is -2.59. The van der Waals surface area contributed by atoms with Crippen molar-refractivity contribution >= 4 is 70.1 Å². The molecule has 6 unspecified atom stereocenters. The van der Waals surface area contributed by atoms with E-state index in [1.165, 1.54) is 13.8 Å². The van der Waals surface area contributed by atoms with Gasteiger partial charge in [0.15, 0.2) is 5.11 Å². The van der Waals surface area contributed by atoms with Gasteiger partial charge in [0.25, 0.3) is 5.56 Å². The van der Waals surface area contributed by atoms with Crippen LogP contribution in [0.2, 0.25) is 0 Å². The third-order valence-electron chi connectivity index (χ3n) is 12.1. The van der Waals surface area contributed by atoms with Crippen LogP contribution in [0.3, 0.4) is 0 Å². The van der Waals surface area contributed by atoms with Crippen LogP contribution in [0, 0.1) is 0 Å². The molecule has 0 aliphatic carbocycles. The first-order valence-corrected chi connectivity index (χ1v) is 22.3. The standard InChI is InChI=1S/C46H54N6O13S.ClH/c1-5-27-28-11-7-8-12-32(28)50-36-29(27)20-52-34(36)19-31-30(41(52)58)21-62-44(60)46(31,6-2)65-42(59)23(3)48-40(57)33(13-9-10-18-47)51-45(66)49-25-14-16-26(17-15-25)64-43-38(56)39(61-22-35(53)54)37(55)24(4)63-43;/h7-8,11-12,14-17,19,23-24,33,37-39,43,55-56H,5-6,9-10,13,18,20-22,47H2,1-4H3,(H,48,57)(H,53,54)(H2,49,51,66);1H/t23?,24?,33-,37?,38?,39?,43?,46-;/m0./s1. The highest BCUT2D eigenvalue weighted by atomic mass is 35.5. The van der Waals surface area contributed by atoms with Gasteiger partial charge in [0.2, 0.25) is 17.8 Å². The van der Waals surface area contributed by atoms with Crippen molar-refractivity contribution < 1.29 is 58.2 Å². The van der Waals surface area contributed by atoms with Crippen LogP contribution < -0.4 is 32.0 Å². The molecule has 8 atom stereocenters. The summed E-state index contributed by atoms with van der Waals surface area (Å²) >= 11 is 5.56. The fraction of sp³-hybridized carbons (Fsp3) is 0.457. The smallest absolute Gasteiger partial charge is 0.355 e. The van der Waals surface area contributed by atoms with Gasteiger partial charge in [-0.3, -0.25) is 9.59 Å². The summed E-state index contributed by atoms with van der Waals surface area (Å²) in [4.78, 5) is 71.6. The largest absolute Gasteiger partial charge is 0.480 e. The summed E-state index contributed by atoms with van der Waals surface area (Å²) in [5.74, 6) is -3.37.